The van der Waals surface area contributed by atoms with E-state index in [0.717, 1.165) is 0 Å². The number of aliphatic hydroxyl groups excluding tert-OH is 2. The van der Waals surface area contributed by atoms with Crippen molar-refractivity contribution >= 4 is 12.0 Å². The minimum absolute atomic E-state index is 0.0954. The first-order chi connectivity index (χ1) is 11.3. The van der Waals surface area contributed by atoms with Crippen LogP contribution in [0.5, 0.6) is 0 Å². The van der Waals surface area contributed by atoms with Gasteiger partial charge in [-0.2, -0.15) is 0 Å². The Balaban J connectivity index is 2.46. The van der Waals surface area contributed by atoms with Crippen LogP contribution in [0.4, 0.5) is 4.79 Å². The first-order valence-corrected chi connectivity index (χ1v) is 8.27. The number of urea groups is 1. The first-order valence-electron chi connectivity index (χ1n) is 8.27. The van der Waals surface area contributed by atoms with Gasteiger partial charge in [0.25, 0.3) is 0 Å². The number of hydrogen-bond acceptors (Lipinski definition) is 6. The molecule has 0 bridgehead atoms. The lowest BCUT2D eigenvalue weighted by Gasteiger charge is -2.28. The molecule has 1 saturated heterocycles. The summed E-state index contributed by atoms with van der Waals surface area (Å²) in [5, 5.41) is 22.7. The Labute approximate surface area is 143 Å². The van der Waals surface area contributed by atoms with E-state index in [1.165, 1.54) is 0 Å². The number of nitrogens with one attached hydrogen (secondary N) is 1. The third-order valence-corrected chi connectivity index (χ3v) is 3.80. The summed E-state index contributed by atoms with van der Waals surface area (Å²) in [6.45, 7) is 9.73. The van der Waals surface area contributed by atoms with Crippen LogP contribution < -0.4 is 5.32 Å². The molecule has 2 atom stereocenters. The molecule has 3 N–H and O–H groups in total. The van der Waals surface area contributed by atoms with Crippen molar-refractivity contribution in [1.29, 1.82) is 0 Å². The Morgan fingerprint density at radius 2 is 2.08 bits per heavy atom. The Kier molecular flexibility index (Phi) is 8.73. The maximum atomic E-state index is 11.6. The number of rotatable bonds is 11. The third-order valence-electron chi connectivity index (χ3n) is 3.80. The molecule has 2 unspecified atom stereocenters. The number of carbonyl (C=O) groups excluding carboxylic acids is 2. The van der Waals surface area contributed by atoms with Crippen LogP contribution in [-0.2, 0) is 9.53 Å². The van der Waals surface area contributed by atoms with Crippen LogP contribution in [0.3, 0.4) is 0 Å². The molecule has 0 spiro atoms. The maximum absolute atomic E-state index is 11.6. The molecule has 0 saturated carbocycles. The molecule has 2 amide bonds. The van der Waals surface area contributed by atoms with E-state index >= 15 is 0 Å². The van der Waals surface area contributed by atoms with Crippen molar-refractivity contribution < 1.29 is 24.5 Å². The van der Waals surface area contributed by atoms with E-state index in [-0.39, 0.29) is 24.8 Å². The summed E-state index contributed by atoms with van der Waals surface area (Å²) in [7, 11) is 0. The normalized spacial score (nSPS) is 16.9. The van der Waals surface area contributed by atoms with Crippen molar-refractivity contribution in [3.63, 3.8) is 0 Å². The van der Waals surface area contributed by atoms with E-state index < -0.39 is 18.2 Å². The molecule has 8 heteroatoms. The number of aliphatic hydroxyl groups is 2. The SMILES string of the molecule is C=C(C)C(=O)OCC(O)CN(CCN1CCNC1=O)CC(O)CC. The molecule has 0 aliphatic carbocycles. The van der Waals surface area contributed by atoms with E-state index in [1.807, 2.05) is 11.8 Å². The standard InChI is InChI=1S/C16H29N3O5/c1-4-13(20)9-18(7-8-19-6-5-17-16(19)23)10-14(21)11-24-15(22)12(2)3/h13-14,20-21H,2,4-11H2,1,3H3,(H,17,23). The Bertz CT molecular complexity index is 443. The maximum Gasteiger partial charge on any atom is 0.333 e. The van der Waals surface area contributed by atoms with Gasteiger partial charge >= 0.3 is 12.0 Å². The summed E-state index contributed by atoms with van der Waals surface area (Å²) in [6, 6.07) is -0.0954. The highest BCUT2D eigenvalue weighted by molar-refractivity contribution is 5.86. The van der Waals surface area contributed by atoms with Crippen molar-refractivity contribution in [2.24, 2.45) is 0 Å². The van der Waals surface area contributed by atoms with Gasteiger partial charge in [-0.05, 0) is 13.3 Å². The van der Waals surface area contributed by atoms with Gasteiger partial charge in [0.05, 0.1) is 6.10 Å². The fourth-order valence-electron chi connectivity index (χ4n) is 2.32. The van der Waals surface area contributed by atoms with Crippen molar-refractivity contribution in [2.45, 2.75) is 32.5 Å². The van der Waals surface area contributed by atoms with Gasteiger partial charge in [-0.1, -0.05) is 13.5 Å². The Morgan fingerprint density at radius 3 is 2.62 bits per heavy atom. The van der Waals surface area contributed by atoms with Gasteiger partial charge in [-0.3, -0.25) is 4.90 Å². The van der Waals surface area contributed by atoms with Gasteiger partial charge in [0, 0.05) is 44.8 Å². The van der Waals surface area contributed by atoms with E-state index in [2.05, 4.69) is 11.9 Å². The zero-order valence-corrected chi connectivity index (χ0v) is 14.5. The number of hydrogen-bond donors (Lipinski definition) is 3. The summed E-state index contributed by atoms with van der Waals surface area (Å²) in [6.07, 6.45) is -0.783. The average molecular weight is 343 g/mol. The molecule has 0 aromatic heterocycles. The number of carbonyl (C=O) groups is 2. The van der Waals surface area contributed by atoms with Gasteiger partial charge in [-0.25, -0.2) is 9.59 Å². The van der Waals surface area contributed by atoms with E-state index in [1.54, 1.807) is 11.8 Å². The summed E-state index contributed by atoms with van der Waals surface area (Å²) in [5.41, 5.74) is 0.278. The smallest absolute Gasteiger partial charge is 0.333 e. The molecule has 1 heterocycles. The van der Waals surface area contributed by atoms with Gasteiger partial charge in [0.1, 0.15) is 12.7 Å². The lowest BCUT2D eigenvalue weighted by atomic mass is 10.2. The van der Waals surface area contributed by atoms with Crippen LogP contribution in [-0.4, -0.2) is 90.1 Å². The van der Waals surface area contributed by atoms with E-state index in [0.29, 0.717) is 39.1 Å². The average Bonchev–Trinajstić information content (AvgIpc) is 2.95. The highest BCUT2D eigenvalue weighted by Crippen LogP contribution is 2.03. The van der Waals surface area contributed by atoms with Gasteiger partial charge in [0.2, 0.25) is 0 Å². The predicted molar refractivity (Wildman–Crippen MR) is 89.5 cm³/mol. The van der Waals surface area contributed by atoms with Crippen LogP contribution in [0.1, 0.15) is 20.3 Å². The highest BCUT2D eigenvalue weighted by Gasteiger charge is 2.22. The minimum Gasteiger partial charge on any atom is -0.460 e. The monoisotopic (exact) mass is 343 g/mol. The Hall–Kier alpha value is -1.64. The molecule has 24 heavy (non-hydrogen) atoms. The van der Waals surface area contributed by atoms with Gasteiger partial charge < -0.3 is 25.2 Å². The summed E-state index contributed by atoms with van der Waals surface area (Å²) < 4.78 is 4.94. The van der Waals surface area contributed by atoms with Crippen LogP contribution >= 0.6 is 0 Å². The summed E-state index contributed by atoms with van der Waals surface area (Å²) in [4.78, 5) is 26.5. The lowest BCUT2D eigenvalue weighted by Crippen LogP contribution is -2.44. The highest BCUT2D eigenvalue weighted by atomic mass is 16.5. The molecule has 0 radical (unpaired) electrons. The quantitative estimate of drug-likeness (QED) is 0.347. The predicted octanol–water partition coefficient (Wildman–Crippen LogP) is -0.435. The first kappa shape index (κ1) is 20.4. The molecule has 138 valence electrons. The number of nitrogens with zero attached hydrogens (tertiary/aromatic N) is 2. The van der Waals surface area contributed by atoms with Crippen LogP contribution in [0.25, 0.3) is 0 Å². The van der Waals surface area contributed by atoms with Crippen molar-refractivity contribution in [3.05, 3.63) is 12.2 Å². The van der Waals surface area contributed by atoms with Crippen molar-refractivity contribution in [2.75, 3.05) is 45.9 Å². The lowest BCUT2D eigenvalue weighted by molar-refractivity contribution is -0.142. The second kappa shape index (κ2) is 10.3. The van der Waals surface area contributed by atoms with Crippen LogP contribution in [0.2, 0.25) is 0 Å². The zero-order chi connectivity index (χ0) is 18.1. The summed E-state index contributed by atoms with van der Waals surface area (Å²) in [5.74, 6) is -0.539. The Morgan fingerprint density at radius 1 is 1.42 bits per heavy atom. The minimum atomic E-state index is -0.871. The van der Waals surface area contributed by atoms with E-state index in [4.69, 9.17) is 4.74 Å². The number of amides is 2. The third kappa shape index (κ3) is 7.29. The molecule has 0 aromatic rings. The topological polar surface area (TPSA) is 102 Å². The van der Waals surface area contributed by atoms with Gasteiger partial charge in [0.15, 0.2) is 0 Å². The molecule has 0 aromatic carbocycles. The van der Waals surface area contributed by atoms with Crippen molar-refractivity contribution in [1.82, 2.24) is 15.1 Å². The summed E-state index contributed by atoms with van der Waals surface area (Å²) >= 11 is 0. The van der Waals surface area contributed by atoms with Gasteiger partial charge in [-0.15, -0.1) is 0 Å². The number of esters is 1. The number of ether oxygens (including phenoxy) is 1. The molecule has 1 fully saturated rings. The fourth-order valence-corrected chi connectivity index (χ4v) is 2.32. The fraction of sp³-hybridized carbons (Fsp3) is 0.750. The molecule has 1 rings (SSSR count). The molecule has 8 nitrogen and oxygen atoms in total. The molecule has 1 aliphatic heterocycles. The van der Waals surface area contributed by atoms with Crippen LogP contribution in [0.15, 0.2) is 12.2 Å². The van der Waals surface area contributed by atoms with Crippen LogP contribution in [0, 0.1) is 0 Å². The zero-order valence-electron chi connectivity index (χ0n) is 14.5. The van der Waals surface area contributed by atoms with E-state index in [9.17, 15) is 19.8 Å². The second-order valence-corrected chi connectivity index (χ2v) is 6.07. The second-order valence-electron chi connectivity index (χ2n) is 6.07. The largest absolute Gasteiger partial charge is 0.460 e. The van der Waals surface area contributed by atoms with Crippen molar-refractivity contribution in [3.8, 4) is 0 Å². The molecule has 1 aliphatic rings. The molecular weight excluding hydrogens is 314 g/mol. The molecular formula is C16H29N3O5.